The zero-order chi connectivity index (χ0) is 22.7. The van der Waals surface area contributed by atoms with E-state index in [9.17, 15) is 4.79 Å². The Kier molecular flexibility index (Phi) is 7.20. The topological polar surface area (TPSA) is 63.8 Å². The first-order chi connectivity index (χ1) is 15.4. The summed E-state index contributed by atoms with van der Waals surface area (Å²) in [6, 6.07) is 18.0. The van der Waals surface area contributed by atoms with Crippen molar-refractivity contribution in [3.63, 3.8) is 0 Å². The molecule has 162 valence electrons. The van der Waals surface area contributed by atoms with E-state index in [4.69, 9.17) is 32.4 Å². The number of furan rings is 1. The van der Waals surface area contributed by atoms with E-state index >= 15 is 0 Å². The van der Waals surface area contributed by atoms with Crippen LogP contribution in [0, 0.1) is 0 Å². The van der Waals surface area contributed by atoms with Crippen LogP contribution in [0.4, 0.5) is 0 Å². The molecule has 0 atom stereocenters. The second-order valence-electron chi connectivity index (χ2n) is 6.72. The number of halogens is 4. The van der Waals surface area contributed by atoms with Crippen molar-refractivity contribution in [3.05, 3.63) is 96.5 Å². The molecule has 0 saturated carbocycles. The highest BCUT2D eigenvalue weighted by Gasteiger charge is 2.12. The zero-order valence-electron chi connectivity index (χ0n) is 16.2. The van der Waals surface area contributed by atoms with Gasteiger partial charge in [0.2, 0.25) is 0 Å². The maximum Gasteiger partial charge on any atom is 0.307 e. The summed E-state index contributed by atoms with van der Waals surface area (Å²) in [4.78, 5) is 12.3. The number of nitrogens with one attached hydrogen (secondary N) is 1. The van der Waals surface area contributed by atoms with E-state index in [1.165, 1.54) is 6.21 Å². The Morgan fingerprint density at radius 2 is 1.84 bits per heavy atom. The number of hydrogen-bond acceptors (Lipinski definition) is 4. The first-order valence-corrected chi connectivity index (χ1v) is 11.6. The van der Waals surface area contributed by atoms with Crippen LogP contribution < -0.4 is 10.2 Å². The number of benzene rings is 3. The third-order valence-electron chi connectivity index (χ3n) is 4.40. The van der Waals surface area contributed by atoms with Crippen molar-refractivity contribution >= 4 is 78.2 Å². The van der Waals surface area contributed by atoms with Gasteiger partial charge in [-0.05, 0) is 75.6 Å². The van der Waals surface area contributed by atoms with Crippen LogP contribution in [0.15, 0.2) is 79.1 Å². The molecule has 0 aliphatic rings. The van der Waals surface area contributed by atoms with Crippen molar-refractivity contribution in [3.8, 4) is 5.75 Å². The lowest BCUT2D eigenvalue weighted by Gasteiger charge is -2.11. The summed E-state index contributed by atoms with van der Waals surface area (Å²) in [5, 5.41) is 5.70. The average Bonchev–Trinajstić information content (AvgIpc) is 3.18. The van der Waals surface area contributed by atoms with Crippen LogP contribution >= 0.6 is 55.1 Å². The molecule has 0 unspecified atom stereocenters. The van der Waals surface area contributed by atoms with Gasteiger partial charge in [0.25, 0.3) is 0 Å². The maximum absolute atomic E-state index is 12.3. The van der Waals surface area contributed by atoms with Gasteiger partial charge in [-0.25, -0.2) is 5.43 Å². The fourth-order valence-corrected chi connectivity index (χ4v) is 4.31. The molecule has 1 heterocycles. The van der Waals surface area contributed by atoms with Crippen LogP contribution in [0.3, 0.4) is 0 Å². The molecule has 0 saturated heterocycles. The van der Waals surface area contributed by atoms with E-state index in [1.54, 1.807) is 36.4 Å². The van der Waals surface area contributed by atoms with Gasteiger partial charge in [0, 0.05) is 14.9 Å². The molecule has 1 amide bonds. The molecule has 0 spiro atoms. The van der Waals surface area contributed by atoms with Gasteiger partial charge in [-0.2, -0.15) is 5.10 Å². The van der Waals surface area contributed by atoms with Crippen LogP contribution in [-0.4, -0.2) is 12.1 Å². The molecule has 0 fully saturated rings. The number of carbonyl (C=O) groups excluding carboxylic acids is 1. The lowest BCUT2D eigenvalue weighted by Crippen LogP contribution is -2.16. The number of hydrogen-bond donors (Lipinski definition) is 1. The van der Waals surface area contributed by atoms with Crippen molar-refractivity contribution in [1.29, 1.82) is 0 Å². The van der Waals surface area contributed by atoms with Crippen LogP contribution in [0.5, 0.6) is 5.75 Å². The van der Waals surface area contributed by atoms with Crippen molar-refractivity contribution in [1.82, 2.24) is 5.43 Å². The average molecular weight is 597 g/mol. The van der Waals surface area contributed by atoms with Gasteiger partial charge in [0.15, 0.2) is 11.5 Å². The highest BCUT2D eigenvalue weighted by atomic mass is 79.9. The van der Waals surface area contributed by atoms with Crippen molar-refractivity contribution < 1.29 is 13.9 Å². The maximum atomic E-state index is 12.3. The number of fused-ring (bicyclic) bond motifs is 1. The molecule has 3 aromatic carbocycles. The molecule has 0 radical (unpaired) electrons. The molecular weight excluding hydrogens is 583 g/mol. The van der Waals surface area contributed by atoms with E-state index in [2.05, 4.69) is 42.4 Å². The number of ether oxygens (including phenoxy) is 1. The van der Waals surface area contributed by atoms with E-state index in [0.29, 0.717) is 38.0 Å². The Labute approximate surface area is 210 Å². The minimum absolute atomic E-state index is 0.135. The number of carbonyl (C=O) groups is 1. The van der Waals surface area contributed by atoms with Gasteiger partial charge >= 0.3 is 5.91 Å². The Balaban J connectivity index is 1.41. The monoisotopic (exact) mass is 594 g/mol. The SMILES string of the molecule is O=C(N/N=C/c1cc(Cl)c(OCc2ccc(Br)cc2)c(Br)c1)c1cc2cc(Cl)ccc2o1. The van der Waals surface area contributed by atoms with Crippen LogP contribution in [0.1, 0.15) is 21.7 Å². The minimum atomic E-state index is -0.479. The van der Waals surface area contributed by atoms with Gasteiger partial charge in [0.1, 0.15) is 12.2 Å². The fourth-order valence-electron chi connectivity index (χ4n) is 2.87. The van der Waals surface area contributed by atoms with Crippen molar-refractivity contribution in [2.75, 3.05) is 0 Å². The van der Waals surface area contributed by atoms with Gasteiger partial charge in [0.05, 0.1) is 15.7 Å². The summed E-state index contributed by atoms with van der Waals surface area (Å²) in [5.74, 6) is 0.181. The van der Waals surface area contributed by atoms with Gasteiger partial charge in [-0.1, -0.05) is 51.3 Å². The van der Waals surface area contributed by atoms with E-state index in [-0.39, 0.29) is 5.76 Å². The van der Waals surface area contributed by atoms with E-state index < -0.39 is 5.91 Å². The van der Waals surface area contributed by atoms with E-state index in [0.717, 1.165) is 15.4 Å². The molecule has 0 aliphatic carbocycles. The minimum Gasteiger partial charge on any atom is -0.486 e. The van der Waals surface area contributed by atoms with Gasteiger partial charge in [-0.3, -0.25) is 4.79 Å². The Bertz CT molecular complexity index is 1300. The van der Waals surface area contributed by atoms with Crippen molar-refractivity contribution in [2.24, 2.45) is 5.10 Å². The lowest BCUT2D eigenvalue weighted by molar-refractivity contribution is 0.0929. The standard InChI is InChI=1S/C23H14Br2Cl2N2O3/c24-16-3-1-13(2-4-16)12-31-22-18(25)7-14(8-19(22)27)11-28-29-23(30)21-10-15-9-17(26)5-6-20(15)32-21/h1-11H,12H2,(H,29,30)/b28-11+. The number of rotatable bonds is 6. The lowest BCUT2D eigenvalue weighted by atomic mass is 10.2. The Hall–Kier alpha value is -2.32. The molecular formula is C23H14Br2Cl2N2O3. The second kappa shape index (κ2) is 10.1. The Morgan fingerprint density at radius 3 is 2.59 bits per heavy atom. The molecule has 5 nitrogen and oxygen atoms in total. The molecule has 4 rings (SSSR count). The first kappa shape index (κ1) is 22.9. The highest BCUT2D eigenvalue weighted by Crippen LogP contribution is 2.34. The quantitative estimate of drug-likeness (QED) is 0.184. The van der Waals surface area contributed by atoms with E-state index in [1.807, 2.05) is 24.3 Å². The van der Waals surface area contributed by atoms with Gasteiger partial charge in [-0.15, -0.1) is 0 Å². The predicted octanol–water partition coefficient (Wildman–Crippen LogP) is 7.61. The molecule has 1 aromatic heterocycles. The largest absolute Gasteiger partial charge is 0.486 e. The molecule has 32 heavy (non-hydrogen) atoms. The summed E-state index contributed by atoms with van der Waals surface area (Å²) in [6.45, 7) is 0.373. The third kappa shape index (κ3) is 5.53. The Morgan fingerprint density at radius 1 is 1.06 bits per heavy atom. The predicted molar refractivity (Wildman–Crippen MR) is 134 cm³/mol. The third-order valence-corrected chi connectivity index (χ3v) is 6.03. The number of hydrazone groups is 1. The number of nitrogens with zero attached hydrogens (tertiary/aromatic N) is 1. The molecule has 1 N–H and O–H groups in total. The zero-order valence-corrected chi connectivity index (χ0v) is 20.9. The van der Waals surface area contributed by atoms with Crippen LogP contribution in [0.2, 0.25) is 10.0 Å². The number of amides is 1. The summed E-state index contributed by atoms with van der Waals surface area (Å²) in [6.07, 6.45) is 1.48. The summed E-state index contributed by atoms with van der Waals surface area (Å²) in [5.41, 5.74) is 4.69. The molecule has 9 heteroatoms. The smallest absolute Gasteiger partial charge is 0.307 e. The highest BCUT2D eigenvalue weighted by molar-refractivity contribution is 9.10. The van der Waals surface area contributed by atoms with Gasteiger partial charge < -0.3 is 9.15 Å². The second-order valence-corrected chi connectivity index (χ2v) is 9.33. The van der Waals surface area contributed by atoms with Crippen LogP contribution in [-0.2, 0) is 6.61 Å². The molecule has 0 bridgehead atoms. The van der Waals surface area contributed by atoms with Crippen LogP contribution in [0.25, 0.3) is 11.0 Å². The first-order valence-electron chi connectivity index (χ1n) is 9.28. The summed E-state index contributed by atoms with van der Waals surface area (Å²) < 4.78 is 13.0. The fraction of sp³-hybridized carbons (Fsp3) is 0.0435. The van der Waals surface area contributed by atoms with Crippen molar-refractivity contribution in [2.45, 2.75) is 6.61 Å². The summed E-state index contributed by atoms with van der Waals surface area (Å²) in [7, 11) is 0. The molecule has 4 aromatic rings. The summed E-state index contributed by atoms with van der Waals surface area (Å²) >= 11 is 19.2. The normalized spacial score (nSPS) is 11.2. The molecule has 0 aliphatic heterocycles.